The number of nitrogens with one attached hydrogen (secondary N) is 1. The second-order valence-corrected chi connectivity index (χ2v) is 9.21. The van der Waals surface area contributed by atoms with E-state index in [0.29, 0.717) is 23.7 Å². The number of aryl methyl sites for hydroxylation is 2. The highest BCUT2D eigenvalue weighted by atomic mass is 16.2. The van der Waals surface area contributed by atoms with Crippen molar-refractivity contribution in [2.75, 3.05) is 5.32 Å². The van der Waals surface area contributed by atoms with Crippen molar-refractivity contribution in [3.63, 3.8) is 0 Å². The zero-order valence-electron chi connectivity index (χ0n) is 20.2. The maximum absolute atomic E-state index is 13.6. The molecular formula is C28H27N5O2. The molecule has 176 valence electrons. The molecule has 1 N–H and O–H groups in total. The van der Waals surface area contributed by atoms with E-state index in [-0.39, 0.29) is 17.0 Å². The van der Waals surface area contributed by atoms with E-state index in [4.69, 9.17) is 0 Å². The van der Waals surface area contributed by atoms with Crippen LogP contribution in [0.15, 0.2) is 71.5 Å². The molecule has 0 bridgehead atoms. The summed E-state index contributed by atoms with van der Waals surface area (Å²) in [5.74, 6) is -0.111. The SMILES string of the molecule is Cc1ccc2c(c1)n(Cc1ccccc1C)c(=O)c1nc(C(=O)Nc3ccc(C(C)C)cc3)nn12. The maximum atomic E-state index is 13.6. The summed E-state index contributed by atoms with van der Waals surface area (Å²) in [5, 5.41) is 7.26. The second kappa shape index (κ2) is 8.83. The van der Waals surface area contributed by atoms with E-state index in [1.54, 1.807) is 4.57 Å². The molecule has 2 aromatic heterocycles. The summed E-state index contributed by atoms with van der Waals surface area (Å²) in [5.41, 5.74) is 6.29. The smallest absolute Gasteiger partial charge is 0.296 e. The van der Waals surface area contributed by atoms with Gasteiger partial charge in [-0.3, -0.25) is 14.2 Å². The van der Waals surface area contributed by atoms with Crippen molar-refractivity contribution in [1.82, 2.24) is 19.2 Å². The molecule has 7 heteroatoms. The lowest BCUT2D eigenvalue weighted by molar-refractivity contribution is 0.101. The first-order chi connectivity index (χ1) is 16.8. The van der Waals surface area contributed by atoms with Gasteiger partial charge in [-0.25, -0.2) is 4.52 Å². The summed E-state index contributed by atoms with van der Waals surface area (Å²) >= 11 is 0. The first-order valence-electron chi connectivity index (χ1n) is 11.7. The third kappa shape index (κ3) is 4.21. The van der Waals surface area contributed by atoms with Crippen LogP contribution in [0.5, 0.6) is 0 Å². The Morgan fingerprint density at radius 3 is 2.43 bits per heavy atom. The van der Waals surface area contributed by atoms with Gasteiger partial charge < -0.3 is 5.32 Å². The van der Waals surface area contributed by atoms with Crippen molar-refractivity contribution in [3.8, 4) is 0 Å². The largest absolute Gasteiger partial charge is 0.319 e. The van der Waals surface area contributed by atoms with E-state index >= 15 is 0 Å². The third-order valence-corrected chi connectivity index (χ3v) is 6.32. The molecule has 35 heavy (non-hydrogen) atoms. The molecule has 0 unspecified atom stereocenters. The topological polar surface area (TPSA) is 81.3 Å². The highest BCUT2D eigenvalue weighted by Crippen LogP contribution is 2.20. The number of rotatable bonds is 5. The van der Waals surface area contributed by atoms with Gasteiger partial charge in [0.1, 0.15) is 0 Å². The molecule has 1 amide bonds. The van der Waals surface area contributed by atoms with E-state index in [1.165, 1.54) is 10.1 Å². The van der Waals surface area contributed by atoms with E-state index < -0.39 is 5.91 Å². The number of anilines is 1. The zero-order valence-corrected chi connectivity index (χ0v) is 20.2. The lowest BCUT2D eigenvalue weighted by Gasteiger charge is -2.13. The summed E-state index contributed by atoms with van der Waals surface area (Å²) in [4.78, 5) is 30.9. The normalized spacial score (nSPS) is 11.5. The van der Waals surface area contributed by atoms with Crippen LogP contribution in [0.1, 0.15) is 52.6 Å². The first-order valence-corrected chi connectivity index (χ1v) is 11.7. The lowest BCUT2D eigenvalue weighted by Crippen LogP contribution is -2.24. The zero-order chi connectivity index (χ0) is 24.7. The van der Waals surface area contributed by atoms with Gasteiger partial charge in [0.15, 0.2) is 0 Å². The fraction of sp³-hybridized carbons (Fsp3) is 0.214. The van der Waals surface area contributed by atoms with Crippen LogP contribution in [0.3, 0.4) is 0 Å². The number of aromatic nitrogens is 4. The minimum absolute atomic E-state index is 0.0504. The molecule has 0 aliphatic carbocycles. The summed E-state index contributed by atoms with van der Waals surface area (Å²) in [7, 11) is 0. The van der Waals surface area contributed by atoms with Crippen LogP contribution < -0.4 is 10.9 Å². The summed E-state index contributed by atoms with van der Waals surface area (Å²) in [6.45, 7) is 8.65. The Labute approximate surface area is 203 Å². The maximum Gasteiger partial charge on any atom is 0.296 e. The molecule has 0 radical (unpaired) electrons. The molecule has 0 saturated carbocycles. The molecule has 2 heterocycles. The van der Waals surface area contributed by atoms with Crippen LogP contribution in [-0.2, 0) is 6.54 Å². The second-order valence-electron chi connectivity index (χ2n) is 9.21. The van der Waals surface area contributed by atoms with E-state index in [0.717, 1.165) is 22.2 Å². The average Bonchev–Trinajstić information content (AvgIpc) is 3.29. The molecule has 5 rings (SSSR count). The molecule has 0 aliphatic rings. The van der Waals surface area contributed by atoms with Crippen molar-refractivity contribution in [3.05, 3.63) is 105 Å². The van der Waals surface area contributed by atoms with E-state index in [1.807, 2.05) is 80.6 Å². The Bertz CT molecular complexity index is 1630. The summed E-state index contributed by atoms with van der Waals surface area (Å²) in [6, 6.07) is 21.5. The van der Waals surface area contributed by atoms with Crippen LogP contribution in [0.2, 0.25) is 0 Å². The van der Waals surface area contributed by atoms with Gasteiger partial charge in [0.25, 0.3) is 11.5 Å². The van der Waals surface area contributed by atoms with Gasteiger partial charge in [0.2, 0.25) is 11.5 Å². The Morgan fingerprint density at radius 2 is 1.71 bits per heavy atom. The standard InChI is InChI=1S/C28H27N5O2/c1-17(2)20-10-12-22(13-11-20)29-27(34)25-30-26-28(35)32(16-21-8-6-5-7-19(21)4)24-15-18(3)9-14-23(24)33(26)31-25/h5-15,17H,16H2,1-4H3,(H,29,34). The molecule has 0 aliphatic heterocycles. The monoisotopic (exact) mass is 465 g/mol. The number of fused-ring (bicyclic) bond motifs is 3. The van der Waals surface area contributed by atoms with Gasteiger partial charge in [-0.05, 0) is 66.3 Å². The van der Waals surface area contributed by atoms with Crippen LogP contribution in [0.4, 0.5) is 5.69 Å². The van der Waals surface area contributed by atoms with Gasteiger partial charge >= 0.3 is 0 Å². The Morgan fingerprint density at radius 1 is 0.971 bits per heavy atom. The van der Waals surface area contributed by atoms with Gasteiger partial charge in [0.05, 0.1) is 17.6 Å². The van der Waals surface area contributed by atoms with Gasteiger partial charge in [-0.15, -0.1) is 5.10 Å². The molecule has 7 nitrogen and oxygen atoms in total. The summed E-state index contributed by atoms with van der Waals surface area (Å²) < 4.78 is 3.18. The predicted molar refractivity (Wildman–Crippen MR) is 138 cm³/mol. The minimum Gasteiger partial charge on any atom is -0.319 e. The molecule has 0 spiro atoms. The van der Waals surface area contributed by atoms with E-state index in [9.17, 15) is 9.59 Å². The average molecular weight is 466 g/mol. The van der Waals surface area contributed by atoms with Crippen molar-refractivity contribution >= 4 is 28.3 Å². The molecule has 3 aromatic carbocycles. The number of hydrogen-bond acceptors (Lipinski definition) is 4. The number of carbonyl (C=O) groups excluding carboxylic acids is 1. The molecule has 5 aromatic rings. The number of hydrogen-bond donors (Lipinski definition) is 1. The predicted octanol–water partition coefficient (Wildman–Crippen LogP) is 5.09. The van der Waals surface area contributed by atoms with Gasteiger partial charge in [-0.1, -0.05) is 56.3 Å². The Hall–Kier alpha value is -4.26. The van der Waals surface area contributed by atoms with Crippen molar-refractivity contribution in [2.45, 2.75) is 40.2 Å². The molecular weight excluding hydrogens is 438 g/mol. The highest BCUT2D eigenvalue weighted by molar-refractivity contribution is 6.02. The van der Waals surface area contributed by atoms with Gasteiger partial charge in [-0.2, -0.15) is 4.98 Å². The van der Waals surface area contributed by atoms with Gasteiger partial charge in [0, 0.05) is 5.69 Å². The van der Waals surface area contributed by atoms with E-state index in [2.05, 4.69) is 29.2 Å². The number of nitrogens with zero attached hydrogens (tertiary/aromatic N) is 4. The number of benzene rings is 3. The van der Waals surface area contributed by atoms with Crippen LogP contribution in [-0.4, -0.2) is 25.1 Å². The quantitative estimate of drug-likeness (QED) is 0.392. The molecule has 0 atom stereocenters. The number of amides is 1. The molecule has 0 saturated heterocycles. The van der Waals surface area contributed by atoms with Crippen molar-refractivity contribution < 1.29 is 4.79 Å². The highest BCUT2D eigenvalue weighted by Gasteiger charge is 2.20. The fourth-order valence-electron chi connectivity index (χ4n) is 4.23. The lowest BCUT2D eigenvalue weighted by atomic mass is 10.0. The van der Waals surface area contributed by atoms with Crippen molar-refractivity contribution in [1.29, 1.82) is 0 Å². The van der Waals surface area contributed by atoms with Crippen LogP contribution in [0.25, 0.3) is 16.7 Å². The van der Waals surface area contributed by atoms with Crippen LogP contribution >= 0.6 is 0 Å². The van der Waals surface area contributed by atoms with Crippen LogP contribution in [0, 0.1) is 13.8 Å². The fourth-order valence-corrected chi connectivity index (χ4v) is 4.23. The Balaban J connectivity index is 1.59. The summed E-state index contributed by atoms with van der Waals surface area (Å²) in [6.07, 6.45) is 0. The first kappa shape index (κ1) is 22.5. The Kier molecular flexibility index (Phi) is 5.68. The number of carbonyl (C=O) groups is 1. The third-order valence-electron chi connectivity index (χ3n) is 6.32. The van der Waals surface area contributed by atoms with Crippen molar-refractivity contribution in [2.24, 2.45) is 0 Å². The minimum atomic E-state index is -0.462. The molecule has 0 fully saturated rings.